The molecule has 2 saturated heterocycles. The monoisotopic (exact) mass is 267 g/mol. The summed E-state index contributed by atoms with van der Waals surface area (Å²) in [6.45, 7) is 13.0. The van der Waals surface area contributed by atoms with Gasteiger partial charge in [0.05, 0.1) is 0 Å². The molecule has 0 radical (unpaired) electrons. The fraction of sp³-hybridized carbons (Fsp3) is 1.00. The van der Waals surface area contributed by atoms with Gasteiger partial charge in [0.1, 0.15) is 0 Å². The van der Waals surface area contributed by atoms with Crippen molar-refractivity contribution in [3.63, 3.8) is 0 Å². The number of likely N-dealkylation sites (tertiary alicyclic amines) is 2. The van der Waals surface area contributed by atoms with Crippen molar-refractivity contribution in [1.29, 1.82) is 0 Å². The second kappa shape index (κ2) is 7.05. The maximum Gasteiger partial charge on any atom is 0.0108 e. The van der Waals surface area contributed by atoms with Crippen LogP contribution in [0.25, 0.3) is 0 Å². The lowest BCUT2D eigenvalue weighted by atomic mass is 9.86. The predicted molar refractivity (Wildman–Crippen MR) is 82.2 cm³/mol. The first-order valence-corrected chi connectivity index (χ1v) is 8.30. The van der Waals surface area contributed by atoms with Crippen LogP contribution in [0.4, 0.5) is 0 Å². The second-order valence-electron chi connectivity index (χ2n) is 6.97. The molecule has 2 aliphatic heterocycles. The quantitative estimate of drug-likeness (QED) is 0.850. The SMILES string of the molecule is CC1CCN(C2CCCN(C(C)C)CC2)CC1CN. The van der Waals surface area contributed by atoms with Crippen molar-refractivity contribution >= 4 is 0 Å². The van der Waals surface area contributed by atoms with Crippen LogP contribution in [0.1, 0.15) is 46.5 Å². The molecular weight excluding hydrogens is 234 g/mol. The van der Waals surface area contributed by atoms with Gasteiger partial charge in [-0.25, -0.2) is 0 Å². The largest absolute Gasteiger partial charge is 0.330 e. The van der Waals surface area contributed by atoms with E-state index < -0.39 is 0 Å². The van der Waals surface area contributed by atoms with Gasteiger partial charge in [0, 0.05) is 18.6 Å². The standard InChI is InChI=1S/C16H33N3/c1-13(2)18-8-4-5-16(7-10-18)19-9-6-14(3)15(11-17)12-19/h13-16H,4-12,17H2,1-3H3. The van der Waals surface area contributed by atoms with E-state index in [0.717, 1.165) is 24.4 Å². The summed E-state index contributed by atoms with van der Waals surface area (Å²) >= 11 is 0. The zero-order valence-electron chi connectivity index (χ0n) is 13.1. The van der Waals surface area contributed by atoms with Crippen LogP contribution in [0.3, 0.4) is 0 Å². The Morgan fingerprint density at radius 2 is 1.89 bits per heavy atom. The Labute approximate surface area is 119 Å². The smallest absolute Gasteiger partial charge is 0.0108 e. The topological polar surface area (TPSA) is 32.5 Å². The van der Waals surface area contributed by atoms with Crippen LogP contribution in [-0.4, -0.2) is 54.6 Å². The molecule has 112 valence electrons. The molecule has 0 bridgehead atoms. The minimum absolute atomic E-state index is 0.705. The molecule has 0 spiro atoms. The van der Waals surface area contributed by atoms with Gasteiger partial charge in [0.15, 0.2) is 0 Å². The summed E-state index contributed by atoms with van der Waals surface area (Å²) in [7, 11) is 0. The Balaban J connectivity index is 1.88. The molecule has 3 unspecified atom stereocenters. The van der Waals surface area contributed by atoms with Gasteiger partial charge >= 0.3 is 0 Å². The maximum atomic E-state index is 5.94. The molecule has 2 aliphatic rings. The Morgan fingerprint density at radius 3 is 2.58 bits per heavy atom. The number of hydrogen-bond acceptors (Lipinski definition) is 3. The van der Waals surface area contributed by atoms with Gasteiger partial charge < -0.3 is 10.6 Å². The highest BCUT2D eigenvalue weighted by Gasteiger charge is 2.30. The number of hydrogen-bond donors (Lipinski definition) is 1. The Bertz CT molecular complexity index is 267. The third kappa shape index (κ3) is 3.93. The zero-order chi connectivity index (χ0) is 13.8. The lowest BCUT2D eigenvalue weighted by Gasteiger charge is -2.41. The van der Waals surface area contributed by atoms with Gasteiger partial charge in [-0.15, -0.1) is 0 Å². The Morgan fingerprint density at radius 1 is 1.11 bits per heavy atom. The van der Waals surface area contributed by atoms with Gasteiger partial charge in [0.25, 0.3) is 0 Å². The van der Waals surface area contributed by atoms with E-state index in [1.807, 2.05) is 0 Å². The van der Waals surface area contributed by atoms with Crippen LogP contribution in [0, 0.1) is 11.8 Å². The first-order valence-electron chi connectivity index (χ1n) is 8.30. The molecule has 2 fully saturated rings. The van der Waals surface area contributed by atoms with E-state index in [1.165, 1.54) is 51.9 Å². The summed E-state index contributed by atoms with van der Waals surface area (Å²) < 4.78 is 0. The Hall–Kier alpha value is -0.120. The van der Waals surface area contributed by atoms with Crippen molar-refractivity contribution in [2.45, 2.75) is 58.5 Å². The van der Waals surface area contributed by atoms with Crippen LogP contribution in [-0.2, 0) is 0 Å². The summed E-state index contributed by atoms with van der Waals surface area (Å²) in [6, 6.07) is 1.52. The highest BCUT2D eigenvalue weighted by Crippen LogP contribution is 2.27. The third-order valence-electron chi connectivity index (χ3n) is 5.43. The molecule has 0 amide bonds. The zero-order valence-corrected chi connectivity index (χ0v) is 13.1. The highest BCUT2D eigenvalue weighted by molar-refractivity contribution is 4.85. The van der Waals surface area contributed by atoms with Crippen molar-refractivity contribution in [1.82, 2.24) is 9.80 Å². The maximum absolute atomic E-state index is 5.94. The molecule has 3 heteroatoms. The van der Waals surface area contributed by atoms with Crippen molar-refractivity contribution in [2.75, 3.05) is 32.7 Å². The molecule has 3 nitrogen and oxygen atoms in total. The van der Waals surface area contributed by atoms with E-state index in [2.05, 4.69) is 30.6 Å². The van der Waals surface area contributed by atoms with Crippen LogP contribution in [0.15, 0.2) is 0 Å². The van der Waals surface area contributed by atoms with Gasteiger partial charge in [-0.3, -0.25) is 4.90 Å². The van der Waals surface area contributed by atoms with Gasteiger partial charge in [0.2, 0.25) is 0 Å². The number of nitrogens with zero attached hydrogens (tertiary/aromatic N) is 2. The van der Waals surface area contributed by atoms with E-state index in [1.54, 1.807) is 0 Å². The second-order valence-corrected chi connectivity index (χ2v) is 6.97. The molecular formula is C16H33N3. The average Bonchev–Trinajstić information content (AvgIpc) is 2.65. The van der Waals surface area contributed by atoms with E-state index in [4.69, 9.17) is 5.73 Å². The van der Waals surface area contributed by atoms with Crippen LogP contribution in [0.5, 0.6) is 0 Å². The molecule has 0 aromatic carbocycles. The van der Waals surface area contributed by atoms with Gasteiger partial charge in [-0.1, -0.05) is 6.92 Å². The van der Waals surface area contributed by atoms with E-state index in [0.29, 0.717) is 6.04 Å². The average molecular weight is 267 g/mol. The summed E-state index contributed by atoms with van der Waals surface area (Å²) in [4.78, 5) is 5.40. The highest BCUT2D eigenvalue weighted by atomic mass is 15.2. The first kappa shape index (κ1) is 15.3. The Kier molecular flexibility index (Phi) is 5.67. The first-order chi connectivity index (χ1) is 9.11. The molecule has 0 aliphatic carbocycles. The van der Waals surface area contributed by atoms with Crippen LogP contribution in [0.2, 0.25) is 0 Å². The molecule has 2 rings (SSSR count). The summed E-state index contributed by atoms with van der Waals surface area (Å²) in [5, 5.41) is 0. The van der Waals surface area contributed by atoms with Gasteiger partial charge in [-0.05, 0) is 77.5 Å². The lowest BCUT2D eigenvalue weighted by molar-refractivity contribution is 0.0827. The fourth-order valence-electron chi connectivity index (χ4n) is 3.80. The van der Waals surface area contributed by atoms with Crippen molar-refractivity contribution in [3.05, 3.63) is 0 Å². The van der Waals surface area contributed by atoms with E-state index in [9.17, 15) is 0 Å². The van der Waals surface area contributed by atoms with Crippen molar-refractivity contribution in [2.24, 2.45) is 17.6 Å². The molecule has 3 atom stereocenters. The van der Waals surface area contributed by atoms with Crippen LogP contribution < -0.4 is 5.73 Å². The van der Waals surface area contributed by atoms with Crippen molar-refractivity contribution in [3.8, 4) is 0 Å². The number of rotatable bonds is 3. The fourth-order valence-corrected chi connectivity index (χ4v) is 3.80. The third-order valence-corrected chi connectivity index (χ3v) is 5.43. The summed E-state index contributed by atoms with van der Waals surface area (Å²) in [5.74, 6) is 1.54. The number of piperidine rings is 1. The molecule has 19 heavy (non-hydrogen) atoms. The molecule has 2 heterocycles. The summed E-state index contributed by atoms with van der Waals surface area (Å²) in [5.41, 5.74) is 5.94. The van der Waals surface area contributed by atoms with Crippen LogP contribution >= 0.6 is 0 Å². The summed E-state index contributed by atoms with van der Waals surface area (Å²) in [6.07, 6.45) is 5.44. The molecule has 2 N–H and O–H groups in total. The van der Waals surface area contributed by atoms with Gasteiger partial charge in [-0.2, -0.15) is 0 Å². The van der Waals surface area contributed by atoms with Crippen molar-refractivity contribution < 1.29 is 0 Å². The predicted octanol–water partition coefficient (Wildman–Crippen LogP) is 2.17. The molecule has 0 aromatic heterocycles. The molecule has 0 aromatic rings. The number of nitrogens with two attached hydrogens (primary N) is 1. The normalized spacial score (nSPS) is 35.5. The minimum atomic E-state index is 0.705. The van der Waals surface area contributed by atoms with E-state index >= 15 is 0 Å². The lowest BCUT2D eigenvalue weighted by Crippen LogP contribution is -2.47. The van der Waals surface area contributed by atoms with E-state index in [-0.39, 0.29) is 0 Å². The molecule has 0 saturated carbocycles. The minimum Gasteiger partial charge on any atom is -0.330 e.